The predicted molar refractivity (Wildman–Crippen MR) is 115 cm³/mol. The summed E-state index contributed by atoms with van der Waals surface area (Å²) in [6.07, 6.45) is -1.08. The number of para-hydroxylation sites is 1. The molecule has 158 valence electrons. The van der Waals surface area contributed by atoms with Crippen LogP contribution in [0.25, 0.3) is 5.69 Å². The number of rotatable bonds is 7. The van der Waals surface area contributed by atoms with Crippen LogP contribution in [0.5, 0.6) is 0 Å². The van der Waals surface area contributed by atoms with Gasteiger partial charge in [-0.25, -0.2) is 4.68 Å². The van der Waals surface area contributed by atoms with Crippen LogP contribution in [0.4, 0.5) is 10.8 Å². The van der Waals surface area contributed by atoms with Crippen molar-refractivity contribution in [1.82, 2.24) is 19.6 Å². The molecule has 1 aromatic carbocycles. The summed E-state index contributed by atoms with van der Waals surface area (Å²) in [4.78, 5) is 37.3. The van der Waals surface area contributed by atoms with E-state index >= 15 is 0 Å². The summed E-state index contributed by atoms with van der Waals surface area (Å²) in [6.45, 7) is 3.16. The van der Waals surface area contributed by atoms with Gasteiger partial charge in [-0.1, -0.05) is 41.3 Å². The van der Waals surface area contributed by atoms with Gasteiger partial charge in [0.2, 0.25) is 5.13 Å². The number of hydrogen-bond acceptors (Lipinski definition) is 9. The maximum atomic E-state index is 12.8. The van der Waals surface area contributed by atoms with Gasteiger partial charge in [0.15, 0.2) is 10.4 Å². The third-order valence-corrected chi connectivity index (χ3v) is 6.07. The van der Waals surface area contributed by atoms with Gasteiger partial charge in [0.05, 0.1) is 17.1 Å². The van der Waals surface area contributed by atoms with Gasteiger partial charge in [-0.3, -0.25) is 19.1 Å². The van der Waals surface area contributed by atoms with Gasteiger partial charge in [-0.05, 0) is 26.0 Å². The van der Waals surface area contributed by atoms with Crippen LogP contribution in [0.15, 0.2) is 39.5 Å². The number of thioether (sulfide) groups is 1. The standard InChI is InChI=1S/C18H20N6O4S2/c1-10-14(16(27)24(23(10)3)12-7-5-4-6-8-12)20-15(26)11(2)28-13(25)9-29-18-22-21-17(19)30-18/h4-8,11H,9H2,1-3H3,(H2,19,21)(H,20,26). The Labute approximate surface area is 180 Å². The van der Waals surface area contributed by atoms with Gasteiger partial charge < -0.3 is 15.8 Å². The Morgan fingerprint density at radius 3 is 2.63 bits per heavy atom. The van der Waals surface area contributed by atoms with Crippen molar-refractivity contribution in [1.29, 1.82) is 0 Å². The molecule has 0 saturated carbocycles. The quantitative estimate of drug-likeness (QED) is 0.411. The lowest BCUT2D eigenvalue weighted by atomic mass is 10.3. The number of esters is 1. The summed E-state index contributed by atoms with van der Waals surface area (Å²) in [7, 11) is 1.72. The lowest BCUT2D eigenvalue weighted by Crippen LogP contribution is -2.32. The van der Waals surface area contributed by atoms with Crippen molar-refractivity contribution < 1.29 is 14.3 Å². The maximum absolute atomic E-state index is 12.8. The molecule has 0 aliphatic rings. The number of amides is 1. The Kier molecular flexibility index (Phi) is 6.57. The van der Waals surface area contributed by atoms with Crippen molar-refractivity contribution in [2.24, 2.45) is 7.05 Å². The lowest BCUT2D eigenvalue weighted by Gasteiger charge is -2.12. The van der Waals surface area contributed by atoms with Gasteiger partial charge in [0.1, 0.15) is 5.69 Å². The van der Waals surface area contributed by atoms with Crippen LogP contribution in [0, 0.1) is 6.92 Å². The van der Waals surface area contributed by atoms with E-state index in [-0.39, 0.29) is 17.0 Å². The van der Waals surface area contributed by atoms with E-state index in [1.807, 2.05) is 18.2 Å². The number of ether oxygens (including phenoxy) is 1. The molecule has 1 unspecified atom stereocenters. The molecule has 0 fully saturated rings. The molecule has 0 radical (unpaired) electrons. The van der Waals surface area contributed by atoms with Gasteiger partial charge >= 0.3 is 5.97 Å². The normalized spacial score (nSPS) is 11.8. The monoisotopic (exact) mass is 448 g/mol. The van der Waals surface area contributed by atoms with E-state index < -0.39 is 18.0 Å². The molecular formula is C18H20N6O4S2. The van der Waals surface area contributed by atoms with E-state index in [1.54, 1.807) is 30.8 Å². The number of carbonyl (C=O) groups is 2. The van der Waals surface area contributed by atoms with Gasteiger partial charge in [-0.2, -0.15) is 0 Å². The van der Waals surface area contributed by atoms with Crippen molar-refractivity contribution in [2.75, 3.05) is 16.8 Å². The Morgan fingerprint density at radius 1 is 1.30 bits per heavy atom. The van der Waals surface area contributed by atoms with Crippen LogP contribution in [0.2, 0.25) is 0 Å². The highest BCUT2D eigenvalue weighted by molar-refractivity contribution is 8.01. The first-order valence-electron chi connectivity index (χ1n) is 8.84. The molecule has 1 atom stereocenters. The molecule has 12 heteroatoms. The summed E-state index contributed by atoms with van der Waals surface area (Å²) in [5.41, 5.74) is 6.48. The highest BCUT2D eigenvalue weighted by Crippen LogP contribution is 2.23. The summed E-state index contributed by atoms with van der Waals surface area (Å²) >= 11 is 2.27. The summed E-state index contributed by atoms with van der Waals surface area (Å²) in [6, 6.07) is 9.07. The molecule has 0 bridgehead atoms. The van der Waals surface area contributed by atoms with Crippen LogP contribution in [0.3, 0.4) is 0 Å². The largest absolute Gasteiger partial charge is 0.452 e. The minimum absolute atomic E-state index is 0.0442. The van der Waals surface area contributed by atoms with Gasteiger partial charge in [0.25, 0.3) is 11.5 Å². The van der Waals surface area contributed by atoms with Crippen LogP contribution in [-0.4, -0.2) is 43.3 Å². The van der Waals surface area contributed by atoms with Crippen LogP contribution < -0.4 is 16.6 Å². The van der Waals surface area contributed by atoms with Crippen LogP contribution in [-0.2, 0) is 21.4 Å². The highest BCUT2D eigenvalue weighted by atomic mass is 32.2. The Bertz CT molecular complexity index is 1120. The fourth-order valence-corrected chi connectivity index (χ4v) is 4.04. The third-order valence-electron chi connectivity index (χ3n) is 4.22. The van der Waals surface area contributed by atoms with E-state index in [0.29, 0.717) is 20.9 Å². The SMILES string of the molecule is Cc1c(NC(=O)C(C)OC(=O)CSc2nnc(N)s2)c(=O)n(-c2ccccc2)n1C. The van der Waals surface area contributed by atoms with E-state index in [9.17, 15) is 14.4 Å². The molecule has 3 aromatic rings. The predicted octanol–water partition coefficient (Wildman–Crippen LogP) is 1.58. The molecule has 2 heterocycles. The lowest BCUT2D eigenvalue weighted by molar-refractivity contribution is -0.150. The topological polar surface area (TPSA) is 134 Å². The van der Waals surface area contributed by atoms with E-state index in [0.717, 1.165) is 23.1 Å². The van der Waals surface area contributed by atoms with Crippen molar-refractivity contribution in [3.05, 3.63) is 46.4 Å². The zero-order valence-corrected chi connectivity index (χ0v) is 18.1. The molecule has 3 rings (SSSR count). The number of nitrogens with two attached hydrogens (primary N) is 1. The summed E-state index contributed by atoms with van der Waals surface area (Å²) < 4.78 is 8.78. The molecule has 0 saturated heterocycles. The Balaban J connectivity index is 1.65. The van der Waals surface area contributed by atoms with E-state index in [4.69, 9.17) is 10.5 Å². The average Bonchev–Trinajstić information content (AvgIpc) is 3.23. The fraction of sp³-hybridized carbons (Fsp3) is 0.278. The van der Waals surface area contributed by atoms with Crippen molar-refractivity contribution in [3.8, 4) is 5.69 Å². The van der Waals surface area contributed by atoms with Gasteiger partial charge in [0, 0.05) is 7.05 Å². The molecule has 10 nitrogen and oxygen atoms in total. The molecule has 0 spiro atoms. The number of nitrogens with one attached hydrogen (secondary N) is 1. The summed E-state index contributed by atoms with van der Waals surface area (Å²) in [5, 5.41) is 10.3. The second kappa shape index (κ2) is 9.13. The number of aromatic nitrogens is 4. The molecule has 0 aliphatic heterocycles. The smallest absolute Gasteiger partial charge is 0.317 e. The molecule has 0 aliphatic carbocycles. The van der Waals surface area contributed by atoms with Crippen molar-refractivity contribution >= 4 is 45.8 Å². The molecular weight excluding hydrogens is 428 g/mol. The summed E-state index contributed by atoms with van der Waals surface area (Å²) in [5.74, 6) is -1.24. The Morgan fingerprint density at radius 2 is 2.00 bits per heavy atom. The fourth-order valence-electron chi connectivity index (χ4n) is 2.62. The number of hydrogen-bond donors (Lipinski definition) is 2. The highest BCUT2D eigenvalue weighted by Gasteiger charge is 2.23. The first kappa shape index (κ1) is 21.6. The Hall–Kier alpha value is -3.12. The number of nitrogens with zero attached hydrogens (tertiary/aromatic N) is 4. The molecule has 2 aromatic heterocycles. The van der Waals surface area contributed by atoms with Crippen LogP contribution >= 0.6 is 23.1 Å². The second-order valence-corrected chi connectivity index (χ2v) is 8.48. The average molecular weight is 449 g/mol. The number of nitrogen functional groups attached to an aromatic ring is 1. The minimum atomic E-state index is -1.08. The van der Waals surface area contributed by atoms with Crippen molar-refractivity contribution in [2.45, 2.75) is 24.3 Å². The van der Waals surface area contributed by atoms with Crippen LogP contribution in [0.1, 0.15) is 12.6 Å². The molecule has 30 heavy (non-hydrogen) atoms. The van der Waals surface area contributed by atoms with Crippen molar-refractivity contribution in [3.63, 3.8) is 0 Å². The van der Waals surface area contributed by atoms with E-state index in [1.165, 1.54) is 11.6 Å². The number of carbonyl (C=O) groups excluding carboxylic acids is 2. The first-order valence-corrected chi connectivity index (χ1v) is 10.6. The maximum Gasteiger partial charge on any atom is 0.317 e. The number of benzene rings is 1. The second-order valence-electron chi connectivity index (χ2n) is 6.25. The molecule has 3 N–H and O–H groups in total. The minimum Gasteiger partial charge on any atom is -0.452 e. The number of anilines is 2. The van der Waals surface area contributed by atoms with Gasteiger partial charge in [-0.15, -0.1) is 10.2 Å². The van der Waals surface area contributed by atoms with E-state index in [2.05, 4.69) is 15.5 Å². The molecule has 1 amide bonds. The third kappa shape index (κ3) is 4.71. The zero-order valence-electron chi connectivity index (χ0n) is 16.5. The first-order chi connectivity index (χ1) is 14.3. The zero-order chi connectivity index (χ0) is 21.8.